The summed E-state index contributed by atoms with van der Waals surface area (Å²) >= 11 is 2.03. The average molecular weight is 281 g/mol. The smallest absolute Gasteiger partial charge is 0.119 e. The van der Waals surface area contributed by atoms with Crippen molar-refractivity contribution in [2.45, 2.75) is 31.1 Å². The van der Waals surface area contributed by atoms with E-state index in [1.165, 1.54) is 24.2 Å². The van der Waals surface area contributed by atoms with Crippen molar-refractivity contribution in [3.63, 3.8) is 0 Å². The van der Waals surface area contributed by atoms with Crippen LogP contribution in [0.25, 0.3) is 0 Å². The van der Waals surface area contributed by atoms with Gasteiger partial charge in [0.15, 0.2) is 0 Å². The zero-order chi connectivity index (χ0) is 13.5. The van der Waals surface area contributed by atoms with E-state index in [1.54, 1.807) is 0 Å². The first-order valence-electron chi connectivity index (χ1n) is 6.94. The van der Waals surface area contributed by atoms with Gasteiger partial charge < -0.3 is 15.2 Å². The maximum atomic E-state index is 9.86. The topological polar surface area (TPSA) is 41.5 Å². The SMILES string of the molecule is Cc1cccc(OCC(O)CNCC2CCCS2)c1. The molecule has 2 unspecified atom stereocenters. The predicted molar refractivity (Wildman–Crippen MR) is 81.0 cm³/mol. The molecule has 2 N–H and O–H groups in total. The molecule has 1 aromatic carbocycles. The molecule has 1 aliphatic rings. The average Bonchev–Trinajstić information content (AvgIpc) is 2.90. The molecule has 1 fully saturated rings. The van der Waals surface area contributed by atoms with Gasteiger partial charge in [-0.25, -0.2) is 0 Å². The van der Waals surface area contributed by atoms with Gasteiger partial charge >= 0.3 is 0 Å². The lowest BCUT2D eigenvalue weighted by atomic mass is 10.2. The Labute approximate surface area is 119 Å². The zero-order valence-electron chi connectivity index (χ0n) is 11.5. The second-order valence-electron chi connectivity index (χ2n) is 5.07. The number of rotatable bonds is 7. The number of hydrogen-bond acceptors (Lipinski definition) is 4. The molecule has 1 saturated heterocycles. The molecule has 4 heteroatoms. The summed E-state index contributed by atoms with van der Waals surface area (Å²) in [6, 6.07) is 7.90. The van der Waals surface area contributed by atoms with Crippen molar-refractivity contribution in [1.82, 2.24) is 5.32 Å². The molecule has 0 bridgehead atoms. The summed E-state index contributed by atoms with van der Waals surface area (Å²) < 4.78 is 5.58. The minimum absolute atomic E-state index is 0.342. The lowest BCUT2D eigenvalue weighted by Crippen LogP contribution is -2.34. The summed E-state index contributed by atoms with van der Waals surface area (Å²) in [5.41, 5.74) is 1.17. The third-order valence-electron chi connectivity index (χ3n) is 3.21. The lowest BCUT2D eigenvalue weighted by molar-refractivity contribution is 0.106. The van der Waals surface area contributed by atoms with E-state index in [-0.39, 0.29) is 0 Å². The first-order chi connectivity index (χ1) is 9.24. The molecule has 106 valence electrons. The predicted octanol–water partition coefficient (Wildman–Crippen LogP) is 2.22. The monoisotopic (exact) mass is 281 g/mol. The number of benzene rings is 1. The second-order valence-corrected chi connectivity index (χ2v) is 6.48. The number of hydrogen-bond donors (Lipinski definition) is 2. The summed E-state index contributed by atoms with van der Waals surface area (Å²) in [4.78, 5) is 0. The Morgan fingerprint density at radius 1 is 1.53 bits per heavy atom. The van der Waals surface area contributed by atoms with E-state index in [2.05, 4.69) is 5.32 Å². The lowest BCUT2D eigenvalue weighted by Gasteiger charge is -2.15. The molecule has 19 heavy (non-hydrogen) atoms. The molecule has 3 nitrogen and oxygen atoms in total. The molecular weight excluding hydrogens is 258 g/mol. The maximum Gasteiger partial charge on any atom is 0.119 e. The number of aliphatic hydroxyl groups is 1. The van der Waals surface area contributed by atoms with E-state index in [1.807, 2.05) is 43.0 Å². The molecule has 0 saturated carbocycles. The van der Waals surface area contributed by atoms with Crippen molar-refractivity contribution in [3.8, 4) is 5.75 Å². The molecule has 2 rings (SSSR count). The van der Waals surface area contributed by atoms with Gasteiger partial charge in [0.05, 0.1) is 0 Å². The van der Waals surface area contributed by atoms with Crippen molar-refractivity contribution >= 4 is 11.8 Å². The number of ether oxygens (including phenoxy) is 1. The number of aliphatic hydroxyl groups excluding tert-OH is 1. The van der Waals surface area contributed by atoms with Crippen LogP contribution in [0.5, 0.6) is 5.75 Å². The molecule has 0 aliphatic carbocycles. The Kier molecular flexibility index (Phi) is 6.01. The highest BCUT2D eigenvalue weighted by molar-refractivity contribution is 8.00. The Morgan fingerprint density at radius 3 is 3.16 bits per heavy atom. The van der Waals surface area contributed by atoms with Crippen LogP contribution in [0.15, 0.2) is 24.3 Å². The molecule has 0 amide bonds. The quantitative estimate of drug-likeness (QED) is 0.804. The van der Waals surface area contributed by atoms with Crippen LogP contribution in [0, 0.1) is 6.92 Å². The zero-order valence-corrected chi connectivity index (χ0v) is 12.3. The van der Waals surface area contributed by atoms with Gasteiger partial charge in [-0.3, -0.25) is 0 Å². The maximum absolute atomic E-state index is 9.86. The van der Waals surface area contributed by atoms with E-state index in [0.717, 1.165) is 17.5 Å². The molecular formula is C15H23NO2S. The largest absolute Gasteiger partial charge is 0.491 e. The molecule has 0 aromatic heterocycles. The molecule has 1 aliphatic heterocycles. The fourth-order valence-electron chi connectivity index (χ4n) is 2.17. The van der Waals surface area contributed by atoms with Crippen LogP contribution >= 0.6 is 11.8 Å². The van der Waals surface area contributed by atoms with Gasteiger partial charge in [-0.05, 0) is 43.2 Å². The molecule has 1 heterocycles. The van der Waals surface area contributed by atoms with E-state index in [0.29, 0.717) is 13.2 Å². The highest BCUT2D eigenvalue weighted by Crippen LogP contribution is 2.25. The fourth-order valence-corrected chi connectivity index (χ4v) is 3.41. The van der Waals surface area contributed by atoms with Gasteiger partial charge in [0, 0.05) is 18.3 Å². The third kappa shape index (κ3) is 5.43. The van der Waals surface area contributed by atoms with E-state index >= 15 is 0 Å². The Balaban J connectivity index is 1.60. The van der Waals surface area contributed by atoms with E-state index in [9.17, 15) is 5.11 Å². The van der Waals surface area contributed by atoms with Crippen molar-refractivity contribution in [1.29, 1.82) is 0 Å². The van der Waals surface area contributed by atoms with E-state index in [4.69, 9.17) is 4.74 Å². The van der Waals surface area contributed by atoms with Crippen LogP contribution in [0.4, 0.5) is 0 Å². The molecule has 0 radical (unpaired) electrons. The highest BCUT2D eigenvalue weighted by Gasteiger charge is 2.15. The van der Waals surface area contributed by atoms with Gasteiger partial charge in [-0.2, -0.15) is 11.8 Å². The van der Waals surface area contributed by atoms with Gasteiger partial charge in [0.1, 0.15) is 18.5 Å². The standard InChI is InChI=1S/C15H23NO2S/c1-12-4-2-5-14(8-12)18-11-13(17)9-16-10-15-6-3-7-19-15/h2,4-5,8,13,15-17H,3,6-7,9-11H2,1H3. The first kappa shape index (κ1) is 14.7. The van der Waals surface area contributed by atoms with Gasteiger partial charge in [-0.1, -0.05) is 12.1 Å². The van der Waals surface area contributed by atoms with Crippen molar-refractivity contribution < 1.29 is 9.84 Å². The van der Waals surface area contributed by atoms with Gasteiger partial charge in [-0.15, -0.1) is 0 Å². The van der Waals surface area contributed by atoms with Gasteiger partial charge in [0.25, 0.3) is 0 Å². The van der Waals surface area contributed by atoms with E-state index < -0.39 is 6.10 Å². The third-order valence-corrected chi connectivity index (χ3v) is 4.61. The van der Waals surface area contributed by atoms with Crippen molar-refractivity contribution in [2.75, 3.05) is 25.4 Å². The second kappa shape index (κ2) is 7.78. The van der Waals surface area contributed by atoms with Crippen LogP contribution < -0.4 is 10.1 Å². The minimum Gasteiger partial charge on any atom is -0.491 e. The fraction of sp³-hybridized carbons (Fsp3) is 0.600. The number of aryl methyl sites for hydroxylation is 1. The van der Waals surface area contributed by atoms with Crippen LogP contribution in [0.1, 0.15) is 18.4 Å². The summed E-state index contributed by atoms with van der Waals surface area (Å²) in [6.07, 6.45) is 2.18. The van der Waals surface area contributed by atoms with Crippen molar-refractivity contribution in [3.05, 3.63) is 29.8 Å². The molecule has 1 aromatic rings. The number of thioether (sulfide) groups is 1. The Hall–Kier alpha value is -0.710. The summed E-state index contributed by atoms with van der Waals surface area (Å²) in [5, 5.41) is 13.9. The van der Waals surface area contributed by atoms with Gasteiger partial charge in [0.2, 0.25) is 0 Å². The summed E-state index contributed by atoms with van der Waals surface area (Å²) in [6.45, 7) is 3.97. The number of nitrogens with one attached hydrogen (secondary N) is 1. The minimum atomic E-state index is -0.452. The Bertz CT molecular complexity index is 380. The normalized spacial score (nSPS) is 20.4. The first-order valence-corrected chi connectivity index (χ1v) is 7.99. The summed E-state index contributed by atoms with van der Waals surface area (Å²) in [7, 11) is 0. The van der Waals surface area contributed by atoms with Crippen LogP contribution in [0.3, 0.4) is 0 Å². The molecule has 0 spiro atoms. The molecule has 2 atom stereocenters. The van der Waals surface area contributed by atoms with Crippen LogP contribution in [-0.2, 0) is 0 Å². The van der Waals surface area contributed by atoms with Crippen LogP contribution in [0.2, 0.25) is 0 Å². The highest BCUT2D eigenvalue weighted by atomic mass is 32.2. The van der Waals surface area contributed by atoms with Crippen LogP contribution in [-0.4, -0.2) is 41.9 Å². The summed E-state index contributed by atoms with van der Waals surface area (Å²) in [5.74, 6) is 2.11. The van der Waals surface area contributed by atoms with Crippen molar-refractivity contribution in [2.24, 2.45) is 0 Å². The Morgan fingerprint density at radius 2 is 2.42 bits per heavy atom.